The van der Waals surface area contributed by atoms with Crippen LogP contribution >= 0.6 is 11.8 Å². The maximum atomic E-state index is 12.5. The van der Waals surface area contributed by atoms with E-state index in [4.69, 9.17) is 0 Å². The zero-order valence-corrected chi connectivity index (χ0v) is 13.6. The third kappa shape index (κ3) is 3.48. The van der Waals surface area contributed by atoms with E-state index in [1.165, 1.54) is 41.1 Å². The number of hydrogen-bond acceptors (Lipinski definition) is 7. The van der Waals surface area contributed by atoms with Gasteiger partial charge in [-0.1, -0.05) is 6.07 Å². The van der Waals surface area contributed by atoms with Crippen LogP contribution < -0.4 is 4.72 Å². The molecule has 2 aromatic heterocycles. The second-order valence-corrected chi connectivity index (χ2v) is 6.96. The van der Waals surface area contributed by atoms with Crippen molar-refractivity contribution in [3.05, 3.63) is 48.9 Å². The molecule has 10 heteroatoms. The Bertz CT molecular complexity index is 894. The molecular weight excluding hydrogens is 336 g/mol. The number of nitrogens with zero attached hydrogens (tertiary/aromatic N) is 5. The number of anilines is 1. The van der Waals surface area contributed by atoms with Crippen LogP contribution in [0.5, 0.6) is 0 Å². The summed E-state index contributed by atoms with van der Waals surface area (Å²) in [5.41, 5.74) is 0.948. The maximum Gasteiger partial charge on any atom is 0.262 e. The standard InChI is InChI=1S/C13H12N6O2S2/c1-22-13-6-5-10(8-14-13)16-23(20,21)12-4-2-3-11(7-12)19-9-15-17-18-19/h2-9,16H,1H3. The molecule has 2 heterocycles. The van der Waals surface area contributed by atoms with Crippen molar-refractivity contribution in [3.8, 4) is 5.69 Å². The number of thioether (sulfide) groups is 1. The molecule has 0 saturated heterocycles. The van der Waals surface area contributed by atoms with Crippen LogP contribution in [0.15, 0.2) is 58.8 Å². The van der Waals surface area contributed by atoms with Gasteiger partial charge >= 0.3 is 0 Å². The average Bonchev–Trinajstić information content (AvgIpc) is 3.10. The lowest BCUT2D eigenvalue weighted by Gasteiger charge is -2.09. The first-order valence-electron chi connectivity index (χ1n) is 6.45. The second-order valence-electron chi connectivity index (χ2n) is 4.45. The summed E-state index contributed by atoms with van der Waals surface area (Å²) in [6.07, 6.45) is 4.77. The molecule has 0 atom stereocenters. The highest BCUT2D eigenvalue weighted by Crippen LogP contribution is 2.19. The van der Waals surface area contributed by atoms with Gasteiger partial charge in [0.05, 0.1) is 27.5 Å². The number of nitrogens with one attached hydrogen (secondary N) is 1. The Balaban J connectivity index is 1.88. The van der Waals surface area contributed by atoms with Crippen molar-refractivity contribution < 1.29 is 8.42 Å². The van der Waals surface area contributed by atoms with Crippen molar-refractivity contribution in [2.45, 2.75) is 9.92 Å². The predicted molar refractivity (Wildman–Crippen MR) is 86.0 cm³/mol. The molecule has 0 fully saturated rings. The van der Waals surface area contributed by atoms with Crippen LogP contribution in [-0.4, -0.2) is 39.9 Å². The van der Waals surface area contributed by atoms with E-state index in [0.29, 0.717) is 11.4 Å². The first-order valence-corrected chi connectivity index (χ1v) is 9.15. The normalized spacial score (nSPS) is 11.3. The summed E-state index contributed by atoms with van der Waals surface area (Å²) in [7, 11) is -3.73. The summed E-state index contributed by atoms with van der Waals surface area (Å²) < 4.78 is 28.8. The molecule has 1 N–H and O–H groups in total. The molecule has 0 spiro atoms. The van der Waals surface area contributed by atoms with Crippen LogP contribution in [0.25, 0.3) is 5.69 Å². The van der Waals surface area contributed by atoms with E-state index in [9.17, 15) is 8.42 Å². The number of rotatable bonds is 5. The lowest BCUT2D eigenvalue weighted by molar-refractivity contribution is 0.601. The highest BCUT2D eigenvalue weighted by Gasteiger charge is 2.15. The van der Waals surface area contributed by atoms with E-state index in [2.05, 4.69) is 25.2 Å². The number of hydrogen-bond donors (Lipinski definition) is 1. The Labute approximate surface area is 137 Å². The highest BCUT2D eigenvalue weighted by atomic mass is 32.2. The van der Waals surface area contributed by atoms with Gasteiger partial charge in [-0.25, -0.2) is 18.1 Å². The second kappa shape index (κ2) is 6.34. The first-order chi connectivity index (χ1) is 11.1. The van der Waals surface area contributed by atoms with Crippen molar-refractivity contribution in [1.82, 2.24) is 25.2 Å². The smallest absolute Gasteiger partial charge is 0.262 e. The van der Waals surface area contributed by atoms with Crippen LogP contribution in [0.1, 0.15) is 0 Å². The fourth-order valence-corrected chi connectivity index (χ4v) is 3.29. The van der Waals surface area contributed by atoms with Gasteiger partial charge in [-0.05, 0) is 47.0 Å². The number of pyridine rings is 1. The molecule has 3 aromatic rings. The van der Waals surface area contributed by atoms with Crippen LogP contribution in [-0.2, 0) is 10.0 Å². The van der Waals surface area contributed by atoms with Crippen molar-refractivity contribution in [1.29, 1.82) is 0 Å². The summed E-state index contributed by atoms with van der Waals surface area (Å²) in [6.45, 7) is 0. The van der Waals surface area contributed by atoms with Crippen LogP contribution in [0, 0.1) is 0 Å². The number of tetrazole rings is 1. The fraction of sp³-hybridized carbons (Fsp3) is 0.0769. The Morgan fingerprint density at radius 1 is 1.22 bits per heavy atom. The zero-order chi connectivity index (χ0) is 16.3. The van der Waals surface area contributed by atoms with E-state index in [-0.39, 0.29) is 4.90 Å². The van der Waals surface area contributed by atoms with E-state index in [1.807, 2.05) is 6.26 Å². The molecule has 0 bridgehead atoms. The number of benzene rings is 1. The van der Waals surface area contributed by atoms with Gasteiger partial charge in [0.15, 0.2) is 0 Å². The largest absolute Gasteiger partial charge is 0.278 e. The number of sulfonamides is 1. The van der Waals surface area contributed by atoms with Gasteiger partial charge in [0, 0.05) is 0 Å². The molecular formula is C13H12N6O2S2. The van der Waals surface area contributed by atoms with Crippen molar-refractivity contribution in [2.75, 3.05) is 11.0 Å². The van der Waals surface area contributed by atoms with Crippen molar-refractivity contribution >= 4 is 27.5 Å². The van der Waals surface area contributed by atoms with Gasteiger partial charge in [-0.2, -0.15) is 0 Å². The van der Waals surface area contributed by atoms with E-state index in [0.717, 1.165) is 5.03 Å². The quantitative estimate of drug-likeness (QED) is 0.698. The van der Waals surface area contributed by atoms with E-state index >= 15 is 0 Å². The summed E-state index contributed by atoms with van der Waals surface area (Å²) in [6, 6.07) is 9.74. The van der Waals surface area contributed by atoms with Crippen LogP contribution in [0.4, 0.5) is 5.69 Å². The third-order valence-electron chi connectivity index (χ3n) is 2.94. The molecule has 0 aliphatic rings. The Hall–Kier alpha value is -2.46. The highest BCUT2D eigenvalue weighted by molar-refractivity contribution is 7.98. The molecule has 1 aromatic carbocycles. The fourth-order valence-electron chi connectivity index (χ4n) is 1.85. The molecule has 0 unspecified atom stereocenters. The predicted octanol–water partition coefficient (Wildman–Crippen LogP) is 1.58. The Morgan fingerprint density at radius 2 is 2.09 bits per heavy atom. The summed E-state index contributed by atoms with van der Waals surface area (Å²) in [5.74, 6) is 0. The average molecular weight is 348 g/mol. The number of aromatic nitrogens is 5. The van der Waals surface area contributed by atoms with Gasteiger partial charge in [0.1, 0.15) is 6.33 Å². The third-order valence-corrected chi connectivity index (χ3v) is 4.98. The minimum atomic E-state index is -3.73. The van der Waals surface area contributed by atoms with E-state index < -0.39 is 10.0 Å². The molecule has 8 nitrogen and oxygen atoms in total. The topological polar surface area (TPSA) is 103 Å². The monoisotopic (exact) mass is 348 g/mol. The van der Waals surface area contributed by atoms with Gasteiger partial charge in [0.2, 0.25) is 0 Å². The Morgan fingerprint density at radius 3 is 2.74 bits per heavy atom. The molecule has 3 rings (SSSR count). The van der Waals surface area contributed by atoms with Gasteiger partial charge in [-0.3, -0.25) is 4.72 Å². The SMILES string of the molecule is CSc1ccc(NS(=O)(=O)c2cccc(-n3cnnn3)c2)cn1. The lowest BCUT2D eigenvalue weighted by atomic mass is 10.3. The van der Waals surface area contributed by atoms with Crippen LogP contribution in [0.2, 0.25) is 0 Å². The van der Waals surface area contributed by atoms with Gasteiger partial charge in [-0.15, -0.1) is 16.9 Å². The maximum absolute atomic E-state index is 12.5. The van der Waals surface area contributed by atoms with Gasteiger partial charge in [0.25, 0.3) is 10.0 Å². The van der Waals surface area contributed by atoms with Gasteiger partial charge < -0.3 is 0 Å². The van der Waals surface area contributed by atoms with E-state index in [1.54, 1.807) is 24.3 Å². The van der Waals surface area contributed by atoms with Crippen molar-refractivity contribution in [2.24, 2.45) is 0 Å². The molecule has 0 saturated carbocycles. The van der Waals surface area contributed by atoms with Crippen molar-refractivity contribution in [3.63, 3.8) is 0 Å². The molecule has 0 radical (unpaired) electrons. The molecule has 0 aliphatic carbocycles. The van der Waals surface area contributed by atoms with Crippen LogP contribution in [0.3, 0.4) is 0 Å². The Kier molecular flexibility index (Phi) is 4.26. The zero-order valence-electron chi connectivity index (χ0n) is 12.0. The minimum Gasteiger partial charge on any atom is -0.278 e. The lowest BCUT2D eigenvalue weighted by Crippen LogP contribution is -2.13. The first kappa shape index (κ1) is 15.4. The molecule has 23 heavy (non-hydrogen) atoms. The summed E-state index contributed by atoms with van der Waals surface area (Å²) >= 11 is 1.48. The molecule has 0 amide bonds. The molecule has 0 aliphatic heterocycles. The summed E-state index contributed by atoms with van der Waals surface area (Å²) in [5, 5.41) is 11.6. The molecule has 118 valence electrons. The minimum absolute atomic E-state index is 0.111. The summed E-state index contributed by atoms with van der Waals surface area (Å²) in [4.78, 5) is 4.25.